The largest absolute Gasteiger partial charge is 0.394 e. The molecule has 90 valence electrons. The molecule has 0 unspecified atom stereocenters. The molecule has 1 rings (SSSR count). The predicted octanol–water partition coefficient (Wildman–Crippen LogP) is 2.93. The standard InChI is InChI=1S/C13H20INO/c1-3-13(4-2,10-16)15-9-11-5-7-12(14)8-6-11/h5-8,15-16H,3-4,9-10H2,1-2H3. The van der Waals surface area contributed by atoms with Crippen LogP contribution in [-0.2, 0) is 6.54 Å². The van der Waals surface area contributed by atoms with Crippen molar-refractivity contribution in [2.75, 3.05) is 6.61 Å². The van der Waals surface area contributed by atoms with E-state index >= 15 is 0 Å². The predicted molar refractivity (Wildman–Crippen MR) is 76.4 cm³/mol. The van der Waals surface area contributed by atoms with Crippen molar-refractivity contribution < 1.29 is 5.11 Å². The van der Waals surface area contributed by atoms with Crippen LogP contribution in [0.25, 0.3) is 0 Å². The van der Waals surface area contributed by atoms with E-state index < -0.39 is 0 Å². The maximum atomic E-state index is 9.43. The van der Waals surface area contributed by atoms with Crippen LogP contribution in [0.1, 0.15) is 32.3 Å². The lowest BCUT2D eigenvalue weighted by molar-refractivity contribution is 0.149. The Labute approximate surface area is 112 Å². The van der Waals surface area contributed by atoms with Gasteiger partial charge in [0.05, 0.1) is 6.61 Å². The minimum absolute atomic E-state index is 0.122. The van der Waals surface area contributed by atoms with Gasteiger partial charge in [-0.1, -0.05) is 26.0 Å². The summed E-state index contributed by atoms with van der Waals surface area (Å²) in [6, 6.07) is 8.47. The zero-order chi connectivity index (χ0) is 12.0. The van der Waals surface area contributed by atoms with Crippen molar-refractivity contribution in [3.8, 4) is 0 Å². The quantitative estimate of drug-likeness (QED) is 0.785. The van der Waals surface area contributed by atoms with Gasteiger partial charge in [-0.2, -0.15) is 0 Å². The number of hydrogen-bond acceptors (Lipinski definition) is 2. The first kappa shape index (κ1) is 13.9. The molecule has 0 heterocycles. The minimum atomic E-state index is -0.122. The summed E-state index contributed by atoms with van der Waals surface area (Å²) in [6.45, 7) is 5.24. The SMILES string of the molecule is CCC(CC)(CO)NCc1ccc(I)cc1. The van der Waals surface area contributed by atoms with Crippen LogP contribution in [0.15, 0.2) is 24.3 Å². The van der Waals surface area contributed by atoms with Crippen LogP contribution in [0.2, 0.25) is 0 Å². The lowest BCUT2D eigenvalue weighted by atomic mass is 9.93. The third-order valence-electron chi connectivity index (χ3n) is 3.24. The third kappa shape index (κ3) is 3.71. The summed E-state index contributed by atoms with van der Waals surface area (Å²) in [5.41, 5.74) is 1.14. The van der Waals surface area contributed by atoms with E-state index in [1.165, 1.54) is 9.13 Å². The summed E-state index contributed by atoms with van der Waals surface area (Å²) in [7, 11) is 0. The van der Waals surface area contributed by atoms with Gasteiger partial charge in [-0.25, -0.2) is 0 Å². The van der Waals surface area contributed by atoms with E-state index in [0.717, 1.165) is 19.4 Å². The molecule has 0 spiro atoms. The Balaban J connectivity index is 2.58. The summed E-state index contributed by atoms with van der Waals surface area (Å²) in [4.78, 5) is 0. The monoisotopic (exact) mass is 333 g/mol. The van der Waals surface area contributed by atoms with Crippen molar-refractivity contribution >= 4 is 22.6 Å². The number of benzene rings is 1. The lowest BCUT2D eigenvalue weighted by Crippen LogP contribution is -2.47. The van der Waals surface area contributed by atoms with Crippen LogP contribution in [0.3, 0.4) is 0 Å². The molecule has 0 fully saturated rings. The molecule has 1 aromatic rings. The Morgan fingerprint density at radius 3 is 2.19 bits per heavy atom. The van der Waals surface area contributed by atoms with Crippen molar-refractivity contribution in [3.63, 3.8) is 0 Å². The maximum Gasteiger partial charge on any atom is 0.0613 e. The molecule has 0 amide bonds. The Bertz CT molecular complexity index is 298. The number of aliphatic hydroxyl groups excluding tert-OH is 1. The Hall–Kier alpha value is -0.130. The minimum Gasteiger partial charge on any atom is -0.394 e. The van der Waals surface area contributed by atoms with E-state index in [1.54, 1.807) is 0 Å². The molecule has 0 atom stereocenters. The first-order valence-corrected chi connectivity index (χ1v) is 6.84. The number of halogens is 1. The average molecular weight is 333 g/mol. The second-order valence-corrected chi connectivity index (χ2v) is 5.37. The fourth-order valence-electron chi connectivity index (χ4n) is 1.67. The Kier molecular flexibility index (Phi) is 5.72. The molecule has 2 N–H and O–H groups in total. The molecular weight excluding hydrogens is 313 g/mol. The normalized spacial score (nSPS) is 11.8. The van der Waals surface area contributed by atoms with Gasteiger partial charge < -0.3 is 10.4 Å². The highest BCUT2D eigenvalue weighted by Gasteiger charge is 2.23. The average Bonchev–Trinajstić information content (AvgIpc) is 2.34. The fourth-order valence-corrected chi connectivity index (χ4v) is 2.03. The van der Waals surface area contributed by atoms with Gasteiger partial charge in [-0.15, -0.1) is 0 Å². The molecular formula is C13H20INO. The van der Waals surface area contributed by atoms with E-state index in [1.807, 2.05) is 0 Å². The van der Waals surface area contributed by atoms with Crippen LogP contribution in [0.5, 0.6) is 0 Å². The zero-order valence-corrected chi connectivity index (χ0v) is 12.1. The van der Waals surface area contributed by atoms with E-state index in [9.17, 15) is 5.11 Å². The molecule has 0 aliphatic rings. The fraction of sp³-hybridized carbons (Fsp3) is 0.538. The smallest absolute Gasteiger partial charge is 0.0613 e. The van der Waals surface area contributed by atoms with Crippen molar-refractivity contribution in [1.29, 1.82) is 0 Å². The van der Waals surface area contributed by atoms with Crippen LogP contribution in [0.4, 0.5) is 0 Å². The highest BCUT2D eigenvalue weighted by molar-refractivity contribution is 14.1. The first-order valence-electron chi connectivity index (χ1n) is 5.76. The Morgan fingerprint density at radius 1 is 1.19 bits per heavy atom. The number of rotatable bonds is 6. The van der Waals surface area contributed by atoms with Gasteiger partial charge in [-0.3, -0.25) is 0 Å². The topological polar surface area (TPSA) is 32.3 Å². The summed E-state index contributed by atoms with van der Waals surface area (Å²) in [6.07, 6.45) is 1.90. The van der Waals surface area contributed by atoms with Crippen LogP contribution in [0, 0.1) is 3.57 Å². The summed E-state index contributed by atoms with van der Waals surface area (Å²) in [5, 5.41) is 12.9. The molecule has 0 aliphatic carbocycles. The molecule has 0 aliphatic heterocycles. The summed E-state index contributed by atoms with van der Waals surface area (Å²) < 4.78 is 1.25. The molecule has 16 heavy (non-hydrogen) atoms. The molecule has 3 heteroatoms. The number of aliphatic hydroxyl groups is 1. The molecule has 0 aromatic heterocycles. The second kappa shape index (κ2) is 6.57. The summed E-state index contributed by atoms with van der Waals surface area (Å²) in [5.74, 6) is 0. The Morgan fingerprint density at radius 2 is 1.75 bits per heavy atom. The summed E-state index contributed by atoms with van der Waals surface area (Å²) >= 11 is 2.30. The highest BCUT2D eigenvalue weighted by atomic mass is 127. The van der Waals surface area contributed by atoms with Crippen LogP contribution in [-0.4, -0.2) is 17.3 Å². The zero-order valence-electron chi connectivity index (χ0n) is 9.96. The highest BCUT2D eigenvalue weighted by Crippen LogP contribution is 2.15. The first-order chi connectivity index (χ1) is 7.65. The maximum absolute atomic E-state index is 9.43. The van der Waals surface area contributed by atoms with Gasteiger partial charge in [0.15, 0.2) is 0 Å². The van der Waals surface area contributed by atoms with Gasteiger partial charge >= 0.3 is 0 Å². The number of nitrogens with one attached hydrogen (secondary N) is 1. The van der Waals surface area contributed by atoms with Gasteiger partial charge in [0.25, 0.3) is 0 Å². The lowest BCUT2D eigenvalue weighted by Gasteiger charge is -2.31. The van der Waals surface area contributed by atoms with Gasteiger partial charge in [-0.05, 0) is 53.1 Å². The second-order valence-electron chi connectivity index (χ2n) is 4.13. The molecule has 1 aromatic carbocycles. The van der Waals surface area contributed by atoms with E-state index in [2.05, 4.69) is 66.0 Å². The van der Waals surface area contributed by atoms with E-state index in [4.69, 9.17) is 0 Å². The molecule has 0 saturated carbocycles. The molecule has 2 nitrogen and oxygen atoms in total. The van der Waals surface area contributed by atoms with Gasteiger partial charge in [0.2, 0.25) is 0 Å². The van der Waals surface area contributed by atoms with Crippen LogP contribution >= 0.6 is 22.6 Å². The van der Waals surface area contributed by atoms with Crippen molar-refractivity contribution in [2.45, 2.75) is 38.8 Å². The molecule has 0 bridgehead atoms. The van der Waals surface area contributed by atoms with Crippen molar-refractivity contribution in [3.05, 3.63) is 33.4 Å². The van der Waals surface area contributed by atoms with Gasteiger partial charge in [0.1, 0.15) is 0 Å². The van der Waals surface area contributed by atoms with E-state index in [-0.39, 0.29) is 12.1 Å². The van der Waals surface area contributed by atoms with Crippen LogP contribution < -0.4 is 5.32 Å². The number of hydrogen-bond donors (Lipinski definition) is 2. The van der Waals surface area contributed by atoms with Crippen molar-refractivity contribution in [2.24, 2.45) is 0 Å². The third-order valence-corrected chi connectivity index (χ3v) is 3.96. The molecule has 0 radical (unpaired) electrons. The van der Waals surface area contributed by atoms with Gasteiger partial charge in [0, 0.05) is 15.7 Å². The van der Waals surface area contributed by atoms with E-state index in [0.29, 0.717) is 0 Å². The van der Waals surface area contributed by atoms with Crippen molar-refractivity contribution in [1.82, 2.24) is 5.32 Å². The molecule has 0 saturated heterocycles.